The van der Waals surface area contributed by atoms with Crippen molar-refractivity contribution in [3.05, 3.63) is 29.3 Å². The van der Waals surface area contributed by atoms with Crippen molar-refractivity contribution in [3.8, 4) is 0 Å². The van der Waals surface area contributed by atoms with Gasteiger partial charge in [-0.15, -0.1) is 0 Å². The number of hydrogen-bond acceptors (Lipinski definition) is 2. The fourth-order valence-corrected chi connectivity index (χ4v) is 2.79. The summed E-state index contributed by atoms with van der Waals surface area (Å²) in [5.74, 6) is -1.04. The minimum absolute atomic E-state index is 0.509. The number of aromatic carboxylic acids is 1. The third-order valence-electron chi connectivity index (χ3n) is 4.00. The van der Waals surface area contributed by atoms with Gasteiger partial charge in [-0.2, -0.15) is 13.2 Å². The second kappa shape index (κ2) is 5.95. The number of alkyl halides is 3. The SMILES string of the molecule is CCC1CCCN(c2ccc(C(F)(F)F)c(C(=O)O)c2)C1. The Balaban J connectivity index is 2.34. The van der Waals surface area contributed by atoms with E-state index >= 15 is 0 Å². The van der Waals surface area contributed by atoms with Crippen molar-refractivity contribution in [2.75, 3.05) is 18.0 Å². The highest BCUT2D eigenvalue weighted by atomic mass is 19.4. The highest BCUT2D eigenvalue weighted by molar-refractivity contribution is 5.91. The monoisotopic (exact) mass is 301 g/mol. The molecule has 1 aliphatic heterocycles. The van der Waals surface area contributed by atoms with Crippen molar-refractivity contribution in [1.29, 1.82) is 0 Å². The molecule has 1 fully saturated rings. The molecule has 6 heteroatoms. The summed E-state index contributed by atoms with van der Waals surface area (Å²) >= 11 is 0. The highest BCUT2D eigenvalue weighted by Crippen LogP contribution is 2.35. The van der Waals surface area contributed by atoms with E-state index in [2.05, 4.69) is 6.92 Å². The lowest BCUT2D eigenvalue weighted by atomic mass is 9.95. The molecule has 0 amide bonds. The van der Waals surface area contributed by atoms with Gasteiger partial charge in [-0.25, -0.2) is 4.79 Å². The molecule has 2 rings (SSSR count). The summed E-state index contributed by atoms with van der Waals surface area (Å²) in [4.78, 5) is 13.1. The molecule has 21 heavy (non-hydrogen) atoms. The smallest absolute Gasteiger partial charge is 0.417 e. The molecule has 1 heterocycles. The van der Waals surface area contributed by atoms with Crippen LogP contribution in [-0.4, -0.2) is 24.2 Å². The van der Waals surface area contributed by atoms with Crippen molar-refractivity contribution in [3.63, 3.8) is 0 Å². The van der Waals surface area contributed by atoms with Crippen molar-refractivity contribution >= 4 is 11.7 Å². The van der Waals surface area contributed by atoms with E-state index < -0.39 is 23.3 Å². The van der Waals surface area contributed by atoms with E-state index in [4.69, 9.17) is 5.11 Å². The number of nitrogens with zero attached hydrogens (tertiary/aromatic N) is 1. The van der Waals surface area contributed by atoms with Gasteiger partial charge < -0.3 is 10.0 Å². The number of halogens is 3. The van der Waals surface area contributed by atoms with Crippen molar-refractivity contribution < 1.29 is 23.1 Å². The van der Waals surface area contributed by atoms with E-state index in [1.807, 2.05) is 4.90 Å². The van der Waals surface area contributed by atoms with Gasteiger partial charge >= 0.3 is 12.1 Å². The third-order valence-corrected chi connectivity index (χ3v) is 4.00. The summed E-state index contributed by atoms with van der Waals surface area (Å²) in [5, 5.41) is 9.03. The Bertz CT molecular complexity index is 528. The fourth-order valence-electron chi connectivity index (χ4n) is 2.79. The van der Waals surface area contributed by atoms with Gasteiger partial charge in [-0.1, -0.05) is 13.3 Å². The summed E-state index contributed by atoms with van der Waals surface area (Å²) in [7, 11) is 0. The van der Waals surface area contributed by atoms with Gasteiger partial charge in [0.1, 0.15) is 0 Å². The minimum atomic E-state index is -4.65. The first kappa shape index (κ1) is 15.7. The first-order valence-electron chi connectivity index (χ1n) is 7.02. The number of carbonyl (C=O) groups is 1. The molecule has 0 bridgehead atoms. The van der Waals surface area contributed by atoms with Gasteiger partial charge in [0.25, 0.3) is 0 Å². The van der Waals surface area contributed by atoms with Gasteiger partial charge in [0.15, 0.2) is 0 Å². The van der Waals surface area contributed by atoms with Crippen LogP contribution in [0.5, 0.6) is 0 Å². The maximum Gasteiger partial charge on any atom is 0.417 e. The molecule has 116 valence electrons. The summed E-state index contributed by atoms with van der Waals surface area (Å²) in [6, 6.07) is 3.38. The standard InChI is InChI=1S/C15H18F3NO2/c1-2-10-4-3-7-19(9-10)11-5-6-13(15(16,17)18)12(8-11)14(20)21/h5-6,8,10H,2-4,7,9H2,1H3,(H,20,21). The van der Waals surface area contributed by atoms with Crippen LogP contribution in [0.25, 0.3) is 0 Å². The lowest BCUT2D eigenvalue weighted by Gasteiger charge is -2.34. The number of carboxylic acids is 1. The molecule has 0 saturated carbocycles. The van der Waals surface area contributed by atoms with E-state index in [9.17, 15) is 18.0 Å². The topological polar surface area (TPSA) is 40.5 Å². The normalized spacial score (nSPS) is 19.6. The Kier molecular flexibility index (Phi) is 4.44. The largest absolute Gasteiger partial charge is 0.478 e. The van der Waals surface area contributed by atoms with Crippen LogP contribution in [0, 0.1) is 5.92 Å². The molecule has 1 N–H and O–H groups in total. The molecule has 0 aliphatic carbocycles. The molecule has 1 aromatic carbocycles. The average Bonchev–Trinajstić information content (AvgIpc) is 2.45. The van der Waals surface area contributed by atoms with E-state index in [1.165, 1.54) is 6.07 Å². The number of rotatable bonds is 3. The number of carboxylic acid groups (broad SMARTS) is 1. The van der Waals surface area contributed by atoms with Crippen LogP contribution in [0.2, 0.25) is 0 Å². The van der Waals surface area contributed by atoms with Crippen molar-refractivity contribution in [2.45, 2.75) is 32.4 Å². The van der Waals surface area contributed by atoms with Crippen LogP contribution in [-0.2, 0) is 6.18 Å². The summed E-state index contributed by atoms with van der Waals surface area (Å²) in [6.45, 7) is 3.60. The summed E-state index contributed by atoms with van der Waals surface area (Å²) in [6.07, 6.45) is -1.55. The van der Waals surface area contributed by atoms with E-state index in [1.54, 1.807) is 0 Å². The quantitative estimate of drug-likeness (QED) is 0.916. The van der Waals surface area contributed by atoms with Crippen molar-refractivity contribution in [2.24, 2.45) is 5.92 Å². The molecule has 1 aliphatic rings. The van der Waals surface area contributed by atoms with Gasteiger partial charge in [0.05, 0.1) is 11.1 Å². The molecule has 1 aromatic rings. The predicted molar refractivity (Wildman–Crippen MR) is 73.6 cm³/mol. The van der Waals surface area contributed by atoms with E-state index in [0.29, 0.717) is 11.6 Å². The third kappa shape index (κ3) is 3.49. The molecule has 1 atom stereocenters. The Morgan fingerprint density at radius 2 is 2.14 bits per heavy atom. The lowest BCUT2D eigenvalue weighted by Crippen LogP contribution is -2.35. The average molecular weight is 301 g/mol. The zero-order valence-electron chi connectivity index (χ0n) is 11.8. The molecule has 0 aromatic heterocycles. The molecule has 1 unspecified atom stereocenters. The van der Waals surface area contributed by atoms with Crippen LogP contribution in [0.1, 0.15) is 42.1 Å². The molecule has 3 nitrogen and oxygen atoms in total. The Hall–Kier alpha value is -1.72. The minimum Gasteiger partial charge on any atom is -0.478 e. The van der Waals surface area contributed by atoms with Crippen LogP contribution in [0.4, 0.5) is 18.9 Å². The maximum atomic E-state index is 12.8. The number of anilines is 1. The van der Waals surface area contributed by atoms with Gasteiger partial charge in [-0.05, 0) is 37.0 Å². The van der Waals surface area contributed by atoms with Gasteiger partial charge in [-0.3, -0.25) is 0 Å². The number of piperidine rings is 1. The second-order valence-electron chi connectivity index (χ2n) is 5.40. The zero-order chi connectivity index (χ0) is 15.6. The van der Waals surface area contributed by atoms with Crippen LogP contribution in [0.15, 0.2) is 18.2 Å². The van der Waals surface area contributed by atoms with E-state index in [-0.39, 0.29) is 0 Å². The molecular weight excluding hydrogens is 283 g/mol. The molecule has 0 spiro atoms. The predicted octanol–water partition coefficient (Wildman–Crippen LogP) is 4.03. The Morgan fingerprint density at radius 3 is 2.71 bits per heavy atom. The van der Waals surface area contributed by atoms with Crippen LogP contribution < -0.4 is 4.90 Å². The zero-order valence-corrected chi connectivity index (χ0v) is 11.8. The lowest BCUT2D eigenvalue weighted by molar-refractivity contribution is -0.138. The van der Waals surface area contributed by atoms with Crippen molar-refractivity contribution in [1.82, 2.24) is 0 Å². The summed E-state index contributed by atoms with van der Waals surface area (Å²) < 4.78 is 38.5. The molecule has 0 radical (unpaired) electrons. The fraction of sp³-hybridized carbons (Fsp3) is 0.533. The van der Waals surface area contributed by atoms with Gasteiger partial charge in [0, 0.05) is 18.8 Å². The molecular formula is C15H18F3NO2. The summed E-state index contributed by atoms with van der Waals surface area (Å²) in [5.41, 5.74) is -1.22. The first-order valence-corrected chi connectivity index (χ1v) is 7.02. The second-order valence-corrected chi connectivity index (χ2v) is 5.40. The maximum absolute atomic E-state index is 12.8. The van der Waals surface area contributed by atoms with Crippen LogP contribution >= 0.6 is 0 Å². The highest BCUT2D eigenvalue weighted by Gasteiger charge is 2.35. The first-order chi connectivity index (χ1) is 9.82. The Morgan fingerprint density at radius 1 is 1.43 bits per heavy atom. The van der Waals surface area contributed by atoms with Gasteiger partial charge in [0.2, 0.25) is 0 Å². The number of benzene rings is 1. The Labute approximate surface area is 121 Å². The van der Waals surface area contributed by atoms with E-state index in [0.717, 1.165) is 44.5 Å². The van der Waals surface area contributed by atoms with Crippen LogP contribution in [0.3, 0.4) is 0 Å². The number of hydrogen-bond donors (Lipinski definition) is 1. The molecule has 1 saturated heterocycles.